The predicted octanol–water partition coefficient (Wildman–Crippen LogP) is 5.37. The molecular weight excluding hydrogens is 460 g/mol. The van der Waals surface area contributed by atoms with E-state index in [9.17, 15) is 4.79 Å². The maximum Gasteiger partial charge on any atom is 0.263 e. The molecule has 180 valence electrons. The van der Waals surface area contributed by atoms with Gasteiger partial charge in [0.1, 0.15) is 11.4 Å². The first kappa shape index (κ1) is 22.7. The molecule has 1 amide bonds. The molecule has 0 saturated heterocycles. The van der Waals surface area contributed by atoms with E-state index in [1.807, 2.05) is 43.3 Å². The number of pyridine rings is 1. The van der Waals surface area contributed by atoms with Crippen molar-refractivity contribution in [1.82, 2.24) is 15.0 Å². The first-order chi connectivity index (χ1) is 17.6. The van der Waals surface area contributed by atoms with Gasteiger partial charge in [0.2, 0.25) is 5.88 Å². The minimum absolute atomic E-state index is 0.133. The van der Waals surface area contributed by atoms with E-state index in [1.165, 1.54) is 12.8 Å². The monoisotopic (exact) mass is 482 g/mol. The summed E-state index contributed by atoms with van der Waals surface area (Å²) >= 11 is 0. The number of nitrogens with one attached hydrogen (secondary N) is 2. The van der Waals surface area contributed by atoms with Gasteiger partial charge in [0.25, 0.3) is 5.91 Å². The number of amides is 1. The molecular formula is C26H22N6O4. The van der Waals surface area contributed by atoms with Gasteiger partial charge in [0.05, 0.1) is 24.7 Å². The topological polar surface area (TPSA) is 141 Å². The third-order valence-corrected chi connectivity index (χ3v) is 5.26. The second kappa shape index (κ2) is 10.0. The molecule has 4 N–H and O–H groups in total. The van der Waals surface area contributed by atoms with Gasteiger partial charge in [-0.3, -0.25) is 4.79 Å². The largest absolute Gasteiger partial charge is 0.477 e. The molecule has 0 bridgehead atoms. The van der Waals surface area contributed by atoms with Crippen molar-refractivity contribution in [2.24, 2.45) is 0 Å². The third kappa shape index (κ3) is 4.87. The first-order valence-electron chi connectivity index (χ1n) is 11.1. The summed E-state index contributed by atoms with van der Waals surface area (Å²) in [7, 11) is 0. The molecule has 36 heavy (non-hydrogen) atoms. The Bertz CT molecular complexity index is 1450. The van der Waals surface area contributed by atoms with Crippen molar-refractivity contribution in [3.8, 4) is 28.5 Å². The van der Waals surface area contributed by atoms with E-state index >= 15 is 0 Å². The van der Waals surface area contributed by atoms with E-state index in [-0.39, 0.29) is 17.1 Å². The molecule has 0 fully saturated rings. The lowest BCUT2D eigenvalue weighted by Crippen LogP contribution is -2.17. The summed E-state index contributed by atoms with van der Waals surface area (Å²) in [6, 6.07) is 16.3. The number of carbonyl (C=O) groups is 1. The maximum atomic E-state index is 13.1. The average Bonchev–Trinajstić information content (AvgIpc) is 3.60. The van der Waals surface area contributed by atoms with Gasteiger partial charge in [0, 0.05) is 28.6 Å². The SMILES string of the molecule is CCOc1nc(Nc2ccc(-c3cnco3)cc2)cc(N)c1C(=O)Nc1ccc(-c2cnco2)cc1. The smallest absolute Gasteiger partial charge is 0.263 e. The fraction of sp³-hybridized carbons (Fsp3) is 0.0769. The summed E-state index contributed by atoms with van der Waals surface area (Å²) < 4.78 is 16.3. The van der Waals surface area contributed by atoms with Crippen LogP contribution in [0.4, 0.5) is 22.9 Å². The summed E-state index contributed by atoms with van der Waals surface area (Å²) in [5, 5.41) is 6.03. The minimum atomic E-state index is -0.432. The highest BCUT2D eigenvalue weighted by Gasteiger charge is 2.20. The quantitative estimate of drug-likeness (QED) is 0.266. The molecule has 5 rings (SSSR count). The Balaban J connectivity index is 1.34. The lowest BCUT2D eigenvalue weighted by molar-refractivity contribution is 0.102. The van der Waals surface area contributed by atoms with Crippen molar-refractivity contribution < 1.29 is 18.4 Å². The van der Waals surface area contributed by atoms with E-state index in [1.54, 1.807) is 30.6 Å². The Hall–Kier alpha value is -5.12. The average molecular weight is 483 g/mol. The maximum absolute atomic E-state index is 13.1. The van der Waals surface area contributed by atoms with Crippen LogP contribution >= 0.6 is 0 Å². The van der Waals surface area contributed by atoms with Gasteiger partial charge in [0.15, 0.2) is 24.3 Å². The molecule has 5 aromatic rings. The number of hydrogen-bond donors (Lipinski definition) is 3. The van der Waals surface area contributed by atoms with Crippen molar-refractivity contribution in [2.45, 2.75) is 6.92 Å². The van der Waals surface area contributed by atoms with Gasteiger partial charge in [-0.15, -0.1) is 0 Å². The van der Waals surface area contributed by atoms with Crippen LogP contribution in [-0.4, -0.2) is 27.5 Å². The van der Waals surface area contributed by atoms with Gasteiger partial charge < -0.3 is 29.9 Å². The van der Waals surface area contributed by atoms with Crippen molar-refractivity contribution in [2.75, 3.05) is 23.0 Å². The normalized spacial score (nSPS) is 10.7. The van der Waals surface area contributed by atoms with Crippen molar-refractivity contribution >= 4 is 28.8 Å². The van der Waals surface area contributed by atoms with E-state index in [0.717, 1.165) is 16.8 Å². The van der Waals surface area contributed by atoms with Crippen LogP contribution in [0, 0.1) is 0 Å². The molecule has 0 aliphatic heterocycles. The van der Waals surface area contributed by atoms with E-state index in [2.05, 4.69) is 25.6 Å². The second-order valence-corrected chi connectivity index (χ2v) is 7.68. The molecule has 0 unspecified atom stereocenters. The standard InChI is InChI=1S/C26H22N6O4/c1-2-34-26-24(25(33)31-19-9-5-17(6-10-19)22-13-29-15-36-22)20(27)11-23(32-26)30-18-7-3-16(4-8-18)21-12-28-14-35-21/h3-15H,2H2,1H3,(H,31,33)(H3,27,30,32). The number of nitrogens with two attached hydrogens (primary N) is 1. The van der Waals surface area contributed by atoms with E-state index in [4.69, 9.17) is 19.3 Å². The first-order valence-corrected chi connectivity index (χ1v) is 11.1. The van der Waals surface area contributed by atoms with Gasteiger partial charge >= 0.3 is 0 Å². The molecule has 0 saturated carbocycles. The minimum Gasteiger partial charge on any atom is -0.477 e. The van der Waals surface area contributed by atoms with Crippen LogP contribution in [0.15, 0.2) is 88.6 Å². The molecule has 0 aliphatic rings. The Morgan fingerprint density at radius 2 is 1.50 bits per heavy atom. The lowest BCUT2D eigenvalue weighted by Gasteiger charge is -2.15. The Labute approximate surface area is 206 Å². The van der Waals surface area contributed by atoms with Crippen LogP contribution in [0.3, 0.4) is 0 Å². The molecule has 10 heteroatoms. The van der Waals surface area contributed by atoms with Crippen molar-refractivity contribution in [1.29, 1.82) is 0 Å². The van der Waals surface area contributed by atoms with Crippen LogP contribution in [0.1, 0.15) is 17.3 Å². The zero-order valence-corrected chi connectivity index (χ0v) is 19.3. The number of hydrogen-bond acceptors (Lipinski definition) is 9. The number of aromatic nitrogens is 3. The second-order valence-electron chi connectivity index (χ2n) is 7.68. The molecule has 3 heterocycles. The van der Waals surface area contributed by atoms with Crippen LogP contribution in [0.25, 0.3) is 22.6 Å². The summed E-state index contributed by atoms with van der Waals surface area (Å²) in [6.45, 7) is 2.12. The highest BCUT2D eigenvalue weighted by molar-refractivity contribution is 6.09. The number of nitrogen functional groups attached to an aromatic ring is 1. The summed E-state index contributed by atoms with van der Waals surface area (Å²) in [5.74, 6) is 1.45. The van der Waals surface area contributed by atoms with Crippen molar-refractivity contribution in [3.63, 3.8) is 0 Å². The van der Waals surface area contributed by atoms with Crippen LogP contribution in [0.5, 0.6) is 5.88 Å². The predicted molar refractivity (Wildman–Crippen MR) is 135 cm³/mol. The molecule has 10 nitrogen and oxygen atoms in total. The highest BCUT2D eigenvalue weighted by Crippen LogP contribution is 2.30. The van der Waals surface area contributed by atoms with Crippen LogP contribution < -0.4 is 21.1 Å². The van der Waals surface area contributed by atoms with Gasteiger partial charge in [-0.05, 0) is 55.5 Å². The highest BCUT2D eigenvalue weighted by atomic mass is 16.5. The van der Waals surface area contributed by atoms with Gasteiger partial charge in [-0.2, -0.15) is 4.98 Å². The Kier molecular flexibility index (Phi) is 6.31. The molecule has 0 aliphatic carbocycles. The molecule has 0 spiro atoms. The summed E-state index contributed by atoms with van der Waals surface area (Å²) in [4.78, 5) is 25.4. The van der Waals surface area contributed by atoms with Gasteiger partial charge in [-0.25, -0.2) is 9.97 Å². The zero-order chi connectivity index (χ0) is 24.9. The van der Waals surface area contributed by atoms with E-state index < -0.39 is 5.91 Å². The molecule has 0 radical (unpaired) electrons. The zero-order valence-electron chi connectivity index (χ0n) is 19.3. The Morgan fingerprint density at radius 1 is 0.917 bits per heavy atom. The van der Waals surface area contributed by atoms with E-state index in [0.29, 0.717) is 29.6 Å². The van der Waals surface area contributed by atoms with Crippen molar-refractivity contribution in [3.05, 3.63) is 85.3 Å². The number of benzene rings is 2. The lowest BCUT2D eigenvalue weighted by atomic mass is 10.1. The molecule has 0 atom stereocenters. The third-order valence-electron chi connectivity index (χ3n) is 5.26. The number of rotatable bonds is 8. The number of ether oxygens (including phenoxy) is 1. The summed E-state index contributed by atoms with van der Waals surface area (Å²) in [6.07, 6.45) is 6.01. The Morgan fingerprint density at radius 3 is 2.03 bits per heavy atom. The van der Waals surface area contributed by atoms with Gasteiger partial charge in [-0.1, -0.05) is 0 Å². The fourth-order valence-corrected chi connectivity index (χ4v) is 3.57. The number of oxazole rings is 2. The fourth-order valence-electron chi connectivity index (χ4n) is 3.57. The van der Waals surface area contributed by atoms with Crippen LogP contribution in [0.2, 0.25) is 0 Å². The molecule has 2 aromatic carbocycles. The summed E-state index contributed by atoms with van der Waals surface area (Å²) in [5.41, 5.74) is 9.75. The number of nitrogens with zero attached hydrogens (tertiary/aromatic N) is 3. The number of carbonyl (C=O) groups excluding carboxylic acids is 1. The van der Waals surface area contributed by atoms with Crippen LogP contribution in [-0.2, 0) is 0 Å². The number of anilines is 4. The molecule has 3 aromatic heterocycles.